The molecule has 0 bridgehead atoms. The SMILES string of the molecule is CCc1nc(C)nc(-c2cc(OC)cc(OC)c2Cl)c1-c1ccc(F)cc1Cl. The summed E-state index contributed by atoms with van der Waals surface area (Å²) in [4.78, 5) is 9.21. The van der Waals surface area contributed by atoms with Gasteiger partial charge in [0, 0.05) is 22.8 Å². The van der Waals surface area contributed by atoms with Crippen LogP contribution in [0.3, 0.4) is 0 Å². The van der Waals surface area contributed by atoms with Crippen LogP contribution >= 0.6 is 23.2 Å². The van der Waals surface area contributed by atoms with Crippen LogP contribution < -0.4 is 9.47 Å². The Bertz CT molecular complexity index is 1040. The molecule has 0 aliphatic carbocycles. The van der Waals surface area contributed by atoms with Gasteiger partial charge in [-0.1, -0.05) is 30.1 Å². The number of rotatable bonds is 5. The molecule has 28 heavy (non-hydrogen) atoms. The van der Waals surface area contributed by atoms with Crippen molar-refractivity contribution in [3.05, 3.63) is 57.7 Å². The highest BCUT2D eigenvalue weighted by Crippen LogP contribution is 2.44. The zero-order valence-corrected chi connectivity index (χ0v) is 17.5. The molecule has 3 rings (SSSR count). The largest absolute Gasteiger partial charge is 0.497 e. The van der Waals surface area contributed by atoms with E-state index in [1.807, 2.05) is 13.8 Å². The molecule has 0 N–H and O–H groups in total. The van der Waals surface area contributed by atoms with E-state index in [9.17, 15) is 4.39 Å². The molecule has 146 valence electrons. The van der Waals surface area contributed by atoms with Crippen LogP contribution in [-0.2, 0) is 6.42 Å². The first-order valence-electron chi connectivity index (χ1n) is 8.64. The lowest BCUT2D eigenvalue weighted by Gasteiger charge is -2.18. The normalized spacial score (nSPS) is 10.8. The lowest BCUT2D eigenvalue weighted by molar-refractivity contribution is 0.395. The summed E-state index contributed by atoms with van der Waals surface area (Å²) in [5, 5.41) is 0.664. The van der Waals surface area contributed by atoms with Crippen LogP contribution in [0.5, 0.6) is 11.5 Å². The van der Waals surface area contributed by atoms with Gasteiger partial charge in [0.1, 0.15) is 23.1 Å². The van der Waals surface area contributed by atoms with Crippen molar-refractivity contribution in [3.8, 4) is 33.9 Å². The Morgan fingerprint density at radius 2 is 1.75 bits per heavy atom. The van der Waals surface area contributed by atoms with E-state index in [2.05, 4.69) is 9.97 Å². The Balaban J connectivity index is 2.41. The fraction of sp³-hybridized carbons (Fsp3) is 0.238. The third kappa shape index (κ3) is 3.77. The molecule has 4 nitrogen and oxygen atoms in total. The first kappa shape index (κ1) is 20.4. The Labute approximate surface area is 173 Å². The van der Waals surface area contributed by atoms with E-state index in [1.165, 1.54) is 19.2 Å². The number of aryl methyl sites for hydroxylation is 2. The molecule has 3 aromatic rings. The third-order valence-corrected chi connectivity index (χ3v) is 5.06. The quantitative estimate of drug-likeness (QED) is 0.496. The summed E-state index contributed by atoms with van der Waals surface area (Å²) in [6.45, 7) is 3.80. The van der Waals surface area contributed by atoms with Crippen LogP contribution in [0.2, 0.25) is 10.0 Å². The first-order chi connectivity index (χ1) is 13.4. The monoisotopic (exact) mass is 420 g/mol. The van der Waals surface area contributed by atoms with Crippen molar-refractivity contribution in [2.75, 3.05) is 14.2 Å². The van der Waals surface area contributed by atoms with Crippen molar-refractivity contribution in [3.63, 3.8) is 0 Å². The Morgan fingerprint density at radius 1 is 1.00 bits per heavy atom. The Hall–Kier alpha value is -2.37. The van der Waals surface area contributed by atoms with Gasteiger partial charge in [-0.15, -0.1) is 0 Å². The van der Waals surface area contributed by atoms with E-state index >= 15 is 0 Å². The number of nitrogens with zero attached hydrogens (tertiary/aromatic N) is 2. The fourth-order valence-electron chi connectivity index (χ4n) is 3.07. The summed E-state index contributed by atoms with van der Waals surface area (Å²) < 4.78 is 24.4. The molecule has 7 heteroatoms. The molecule has 0 aliphatic heterocycles. The molecular formula is C21H19Cl2FN2O2. The third-order valence-electron chi connectivity index (χ3n) is 4.35. The molecule has 0 amide bonds. The standard InChI is InChI=1S/C21H19Cl2FN2O2/c1-5-17-19(14-7-6-12(24)8-16(14)22)21(26-11(2)25-17)15-9-13(27-3)10-18(28-4)20(15)23/h6-10H,5H2,1-4H3. The second-order valence-electron chi connectivity index (χ2n) is 6.11. The number of benzene rings is 2. The van der Waals surface area contributed by atoms with Crippen molar-refractivity contribution in [1.82, 2.24) is 9.97 Å². The summed E-state index contributed by atoms with van der Waals surface area (Å²) in [5.41, 5.74) is 3.32. The minimum atomic E-state index is -0.414. The molecule has 0 aliphatic rings. The molecule has 1 aromatic heterocycles. The minimum Gasteiger partial charge on any atom is -0.497 e. The van der Waals surface area contributed by atoms with Gasteiger partial charge in [-0.3, -0.25) is 0 Å². The molecule has 0 unspecified atom stereocenters. The van der Waals surface area contributed by atoms with E-state index < -0.39 is 5.82 Å². The zero-order valence-electron chi connectivity index (χ0n) is 15.9. The van der Waals surface area contributed by atoms with E-state index in [1.54, 1.807) is 25.3 Å². The average molecular weight is 421 g/mol. The maximum Gasteiger partial charge on any atom is 0.141 e. The van der Waals surface area contributed by atoms with Crippen LogP contribution in [0, 0.1) is 12.7 Å². The molecule has 1 heterocycles. The van der Waals surface area contributed by atoms with Gasteiger partial charge in [-0.25, -0.2) is 14.4 Å². The maximum atomic E-state index is 13.6. The van der Waals surface area contributed by atoms with Crippen molar-refractivity contribution in [1.29, 1.82) is 0 Å². The molecule has 2 aromatic carbocycles. The van der Waals surface area contributed by atoms with E-state index in [0.717, 1.165) is 5.69 Å². The van der Waals surface area contributed by atoms with Gasteiger partial charge < -0.3 is 9.47 Å². The van der Waals surface area contributed by atoms with Crippen LogP contribution in [0.1, 0.15) is 18.4 Å². The van der Waals surface area contributed by atoms with Crippen LogP contribution in [0.15, 0.2) is 30.3 Å². The maximum absolute atomic E-state index is 13.6. The highest BCUT2D eigenvalue weighted by molar-refractivity contribution is 6.35. The number of ether oxygens (including phenoxy) is 2. The average Bonchev–Trinajstić information content (AvgIpc) is 2.68. The van der Waals surface area contributed by atoms with Gasteiger partial charge in [-0.2, -0.15) is 0 Å². The summed E-state index contributed by atoms with van der Waals surface area (Å²) >= 11 is 13.0. The minimum absolute atomic E-state index is 0.273. The molecular weight excluding hydrogens is 402 g/mol. The van der Waals surface area contributed by atoms with Gasteiger partial charge in [0.15, 0.2) is 0 Å². The van der Waals surface area contributed by atoms with Crippen molar-refractivity contribution in [2.45, 2.75) is 20.3 Å². The van der Waals surface area contributed by atoms with Gasteiger partial charge in [0.25, 0.3) is 0 Å². The topological polar surface area (TPSA) is 44.2 Å². The molecule has 0 radical (unpaired) electrons. The van der Waals surface area contributed by atoms with Crippen molar-refractivity contribution in [2.24, 2.45) is 0 Å². The van der Waals surface area contributed by atoms with E-state index in [-0.39, 0.29) is 5.02 Å². The van der Waals surface area contributed by atoms with Crippen LogP contribution in [-0.4, -0.2) is 24.2 Å². The fourth-order valence-corrected chi connectivity index (χ4v) is 3.61. The predicted octanol–water partition coefficient (Wildman–Crippen LogP) is 6.14. The van der Waals surface area contributed by atoms with Gasteiger partial charge in [-0.05, 0) is 37.6 Å². The van der Waals surface area contributed by atoms with Crippen LogP contribution in [0.25, 0.3) is 22.4 Å². The van der Waals surface area contributed by atoms with Crippen molar-refractivity contribution >= 4 is 23.2 Å². The molecule has 0 saturated heterocycles. The number of methoxy groups -OCH3 is 2. The number of halogens is 3. The summed E-state index contributed by atoms with van der Waals surface area (Å²) in [6.07, 6.45) is 0.637. The zero-order chi connectivity index (χ0) is 20.4. The smallest absolute Gasteiger partial charge is 0.141 e. The molecule has 0 atom stereocenters. The van der Waals surface area contributed by atoms with Crippen LogP contribution in [0.4, 0.5) is 4.39 Å². The first-order valence-corrected chi connectivity index (χ1v) is 9.40. The van der Waals surface area contributed by atoms with E-state index in [4.69, 9.17) is 32.7 Å². The highest BCUT2D eigenvalue weighted by Gasteiger charge is 2.22. The highest BCUT2D eigenvalue weighted by atomic mass is 35.5. The molecule has 0 saturated carbocycles. The lowest BCUT2D eigenvalue weighted by atomic mass is 9.96. The Morgan fingerprint density at radius 3 is 2.36 bits per heavy atom. The second-order valence-corrected chi connectivity index (χ2v) is 6.90. The lowest BCUT2D eigenvalue weighted by Crippen LogP contribution is -2.03. The second kappa shape index (κ2) is 8.33. The summed E-state index contributed by atoms with van der Waals surface area (Å²) in [5.74, 6) is 1.21. The number of hydrogen-bond donors (Lipinski definition) is 0. The summed E-state index contributed by atoms with van der Waals surface area (Å²) in [6, 6.07) is 7.74. The molecule has 0 spiro atoms. The Kier molecular flexibility index (Phi) is 6.06. The van der Waals surface area contributed by atoms with Gasteiger partial charge in [0.2, 0.25) is 0 Å². The molecule has 0 fully saturated rings. The summed E-state index contributed by atoms with van der Waals surface area (Å²) in [7, 11) is 3.10. The van der Waals surface area contributed by atoms with Crippen molar-refractivity contribution < 1.29 is 13.9 Å². The van der Waals surface area contributed by atoms with E-state index in [0.29, 0.717) is 51.2 Å². The van der Waals surface area contributed by atoms with Gasteiger partial charge in [0.05, 0.1) is 35.7 Å². The number of hydrogen-bond acceptors (Lipinski definition) is 4. The predicted molar refractivity (Wildman–Crippen MR) is 110 cm³/mol. The number of aromatic nitrogens is 2. The van der Waals surface area contributed by atoms with Gasteiger partial charge >= 0.3 is 0 Å².